The van der Waals surface area contributed by atoms with Crippen molar-refractivity contribution in [3.05, 3.63) is 29.8 Å². The molecule has 1 atom stereocenters. The van der Waals surface area contributed by atoms with E-state index in [1.54, 1.807) is 0 Å². The number of benzene rings is 1. The molecule has 1 saturated heterocycles. The van der Waals surface area contributed by atoms with Crippen molar-refractivity contribution < 1.29 is 13.8 Å². The maximum Gasteiger partial charge on any atom is 0.542 e. The number of rotatable bonds is 6. The van der Waals surface area contributed by atoms with Crippen LogP contribution in [-0.4, -0.2) is 37.7 Å². The summed E-state index contributed by atoms with van der Waals surface area (Å²) in [6, 6.07) is 7.81. The SMILES string of the molecule is O=[PH+]Oc1ccc(CCCN2CCOCC2)cc1. The number of hydrogen-bond acceptors (Lipinski definition) is 4. The van der Waals surface area contributed by atoms with Crippen LogP contribution < -0.4 is 4.52 Å². The van der Waals surface area contributed by atoms with Crippen LogP contribution in [0.2, 0.25) is 0 Å². The summed E-state index contributed by atoms with van der Waals surface area (Å²) in [5.74, 6) is 0.667. The molecule has 1 aliphatic rings. The van der Waals surface area contributed by atoms with Crippen LogP contribution in [0.25, 0.3) is 0 Å². The molecular formula is C13H19NO3P+. The zero-order valence-corrected chi connectivity index (χ0v) is 11.4. The van der Waals surface area contributed by atoms with Gasteiger partial charge >= 0.3 is 8.69 Å². The molecule has 1 unspecified atom stereocenters. The van der Waals surface area contributed by atoms with Crippen molar-refractivity contribution in [1.29, 1.82) is 0 Å². The van der Waals surface area contributed by atoms with Gasteiger partial charge in [0.15, 0.2) is 5.75 Å². The van der Waals surface area contributed by atoms with E-state index in [2.05, 4.69) is 4.90 Å². The van der Waals surface area contributed by atoms with Crippen molar-refractivity contribution >= 4 is 8.69 Å². The van der Waals surface area contributed by atoms with E-state index in [9.17, 15) is 4.57 Å². The van der Waals surface area contributed by atoms with E-state index < -0.39 is 8.69 Å². The largest absolute Gasteiger partial charge is 0.542 e. The third-order valence-corrected chi connectivity index (χ3v) is 3.45. The van der Waals surface area contributed by atoms with Crippen molar-refractivity contribution in [3.63, 3.8) is 0 Å². The highest BCUT2D eigenvalue weighted by Gasteiger charge is 2.09. The second-order valence-corrected chi connectivity index (χ2v) is 4.76. The Hall–Kier alpha value is -0.960. The molecule has 0 radical (unpaired) electrons. The average molecular weight is 268 g/mol. The van der Waals surface area contributed by atoms with Crippen molar-refractivity contribution in [1.82, 2.24) is 4.90 Å². The van der Waals surface area contributed by atoms with Crippen LogP contribution in [-0.2, 0) is 15.7 Å². The second-order valence-electron chi connectivity index (χ2n) is 4.39. The summed E-state index contributed by atoms with van der Waals surface area (Å²) < 4.78 is 20.6. The van der Waals surface area contributed by atoms with Crippen molar-refractivity contribution in [2.45, 2.75) is 12.8 Å². The van der Waals surface area contributed by atoms with Gasteiger partial charge in [-0.2, -0.15) is 0 Å². The van der Waals surface area contributed by atoms with Crippen LogP contribution in [0.15, 0.2) is 24.3 Å². The maximum atomic E-state index is 10.3. The van der Waals surface area contributed by atoms with Crippen molar-refractivity contribution in [2.75, 3.05) is 32.8 Å². The van der Waals surface area contributed by atoms with Gasteiger partial charge in [0.1, 0.15) is 0 Å². The molecule has 98 valence electrons. The molecule has 1 fully saturated rings. The summed E-state index contributed by atoms with van der Waals surface area (Å²) in [6.07, 6.45) is 2.22. The molecule has 0 amide bonds. The molecule has 0 aliphatic carbocycles. The minimum Gasteiger partial charge on any atom is -0.379 e. The Morgan fingerprint density at radius 2 is 1.94 bits per heavy atom. The van der Waals surface area contributed by atoms with Gasteiger partial charge in [-0.15, -0.1) is 0 Å². The molecule has 0 saturated carbocycles. The molecule has 4 nitrogen and oxygen atoms in total. The third-order valence-electron chi connectivity index (χ3n) is 3.13. The summed E-state index contributed by atoms with van der Waals surface area (Å²) in [4.78, 5) is 2.44. The van der Waals surface area contributed by atoms with Gasteiger partial charge in [0.2, 0.25) is 0 Å². The molecule has 2 rings (SSSR count). The van der Waals surface area contributed by atoms with Crippen LogP contribution in [0.4, 0.5) is 0 Å². The first-order valence-electron chi connectivity index (χ1n) is 6.31. The summed E-state index contributed by atoms with van der Waals surface area (Å²) in [7, 11) is -0.733. The van der Waals surface area contributed by atoms with E-state index >= 15 is 0 Å². The monoisotopic (exact) mass is 268 g/mol. The zero-order valence-electron chi connectivity index (χ0n) is 10.4. The molecule has 5 heteroatoms. The number of aryl methyl sites for hydroxylation is 1. The first-order chi connectivity index (χ1) is 8.88. The van der Waals surface area contributed by atoms with E-state index in [0.717, 1.165) is 45.7 Å². The molecule has 0 N–H and O–H groups in total. The predicted molar refractivity (Wildman–Crippen MR) is 71.7 cm³/mol. The molecule has 1 aromatic carbocycles. The van der Waals surface area contributed by atoms with E-state index in [4.69, 9.17) is 9.26 Å². The smallest absolute Gasteiger partial charge is 0.379 e. The number of ether oxygens (including phenoxy) is 1. The van der Waals surface area contributed by atoms with Gasteiger partial charge < -0.3 is 4.74 Å². The minimum absolute atomic E-state index is 0.667. The van der Waals surface area contributed by atoms with Gasteiger partial charge in [-0.05, 0) is 41.6 Å². The lowest BCUT2D eigenvalue weighted by Crippen LogP contribution is -2.36. The topological polar surface area (TPSA) is 38.8 Å². The van der Waals surface area contributed by atoms with Crippen molar-refractivity contribution in [2.24, 2.45) is 0 Å². The molecule has 0 spiro atoms. The predicted octanol–water partition coefficient (Wildman–Crippen LogP) is 2.27. The third kappa shape index (κ3) is 4.37. The van der Waals surface area contributed by atoms with Crippen LogP contribution in [0.3, 0.4) is 0 Å². The highest BCUT2D eigenvalue weighted by Crippen LogP contribution is 2.16. The number of nitrogens with zero attached hydrogens (tertiary/aromatic N) is 1. The Bertz CT molecular complexity index is 363. The van der Waals surface area contributed by atoms with Crippen LogP contribution in [0.5, 0.6) is 5.75 Å². The Balaban J connectivity index is 1.70. The second kappa shape index (κ2) is 7.47. The first kappa shape index (κ1) is 13.5. The fourth-order valence-electron chi connectivity index (χ4n) is 2.10. The normalized spacial score (nSPS) is 16.9. The highest BCUT2D eigenvalue weighted by molar-refractivity contribution is 7.17. The van der Waals surface area contributed by atoms with Gasteiger partial charge in [-0.1, -0.05) is 12.1 Å². The summed E-state index contributed by atoms with van der Waals surface area (Å²) in [5.41, 5.74) is 1.30. The summed E-state index contributed by atoms with van der Waals surface area (Å²) >= 11 is 0. The zero-order chi connectivity index (χ0) is 12.6. The highest BCUT2D eigenvalue weighted by atomic mass is 31.1. The number of hydrogen-bond donors (Lipinski definition) is 0. The average Bonchev–Trinajstić information content (AvgIpc) is 2.42. The van der Waals surface area contributed by atoms with Crippen LogP contribution >= 0.6 is 8.69 Å². The summed E-state index contributed by atoms with van der Waals surface area (Å²) in [6.45, 7) is 4.96. The van der Waals surface area contributed by atoms with Gasteiger partial charge in [-0.3, -0.25) is 9.42 Å². The molecule has 0 bridgehead atoms. The van der Waals surface area contributed by atoms with Gasteiger partial charge in [0.25, 0.3) is 0 Å². The molecule has 18 heavy (non-hydrogen) atoms. The fraction of sp³-hybridized carbons (Fsp3) is 0.538. The van der Waals surface area contributed by atoms with E-state index in [1.165, 1.54) is 5.56 Å². The van der Waals surface area contributed by atoms with Gasteiger partial charge in [0.05, 0.1) is 13.2 Å². The number of morpholine rings is 1. The van der Waals surface area contributed by atoms with Crippen LogP contribution in [0.1, 0.15) is 12.0 Å². The Kier molecular flexibility index (Phi) is 5.59. The molecule has 1 aromatic rings. The lowest BCUT2D eigenvalue weighted by molar-refractivity contribution is 0.0375. The molecule has 1 heterocycles. The van der Waals surface area contributed by atoms with E-state index in [0.29, 0.717) is 5.75 Å². The quantitative estimate of drug-likeness (QED) is 0.742. The fourth-order valence-corrected chi connectivity index (χ4v) is 2.34. The molecule has 1 aliphatic heterocycles. The Morgan fingerprint density at radius 3 is 2.61 bits per heavy atom. The van der Waals surface area contributed by atoms with E-state index in [1.807, 2.05) is 24.3 Å². The minimum atomic E-state index is -0.733. The Labute approximate surface area is 109 Å². The molecule has 0 aromatic heterocycles. The van der Waals surface area contributed by atoms with E-state index in [-0.39, 0.29) is 0 Å². The standard InChI is InChI=1S/C13H19NO3P/c15-18-17-13-5-3-12(4-6-13)2-1-7-14-8-10-16-11-9-14/h3-6,18H,1-2,7-11H2/q+1. The lowest BCUT2D eigenvalue weighted by Gasteiger charge is -2.26. The first-order valence-corrected chi connectivity index (χ1v) is 7.13. The van der Waals surface area contributed by atoms with Crippen molar-refractivity contribution in [3.8, 4) is 5.75 Å². The van der Waals surface area contributed by atoms with Crippen LogP contribution in [0, 0.1) is 0 Å². The van der Waals surface area contributed by atoms with Gasteiger partial charge in [0, 0.05) is 13.1 Å². The Morgan fingerprint density at radius 1 is 1.22 bits per heavy atom. The lowest BCUT2D eigenvalue weighted by atomic mass is 10.1. The molecular weight excluding hydrogens is 249 g/mol. The summed E-state index contributed by atoms with van der Waals surface area (Å²) in [5, 5.41) is 0. The van der Waals surface area contributed by atoms with Gasteiger partial charge in [-0.25, -0.2) is 0 Å². The maximum absolute atomic E-state index is 10.3.